The monoisotopic (exact) mass is 310 g/mol. The van der Waals surface area contributed by atoms with E-state index in [4.69, 9.17) is 0 Å². The van der Waals surface area contributed by atoms with E-state index >= 15 is 0 Å². The van der Waals surface area contributed by atoms with Crippen LogP contribution in [0.1, 0.15) is 6.42 Å². The lowest BCUT2D eigenvalue weighted by Crippen LogP contribution is -2.50. The molecule has 4 amide bonds. The minimum atomic E-state index is -0.820. The van der Waals surface area contributed by atoms with Crippen LogP contribution in [0.25, 0.3) is 0 Å². The highest BCUT2D eigenvalue weighted by atomic mass is 19.1. The topological polar surface area (TPSA) is 99.8 Å². The molecule has 1 heterocycles. The third-order valence-corrected chi connectivity index (χ3v) is 3.04. The van der Waals surface area contributed by atoms with Crippen LogP contribution < -0.4 is 21.1 Å². The summed E-state index contributed by atoms with van der Waals surface area (Å²) in [7, 11) is 1.15. The highest BCUT2D eigenvalue weighted by molar-refractivity contribution is 5.96. The number of hydrazine groups is 1. The third kappa shape index (κ3) is 3.84. The Bertz CT molecular complexity index is 595. The Morgan fingerprint density at radius 1 is 1.36 bits per heavy atom. The number of ether oxygens (including phenoxy) is 1. The summed E-state index contributed by atoms with van der Waals surface area (Å²) < 4.78 is 17.5. The number of carbonyl (C=O) groups excluding carboxylic acids is 3. The Morgan fingerprint density at radius 3 is 2.82 bits per heavy atom. The number of hydrogen-bond donors (Lipinski definition) is 3. The van der Waals surface area contributed by atoms with Crippen LogP contribution in [0.4, 0.5) is 19.7 Å². The molecule has 1 unspecified atom stereocenters. The summed E-state index contributed by atoms with van der Waals surface area (Å²) in [6.45, 7) is 0.216. The van der Waals surface area contributed by atoms with Crippen molar-refractivity contribution in [3.8, 4) is 0 Å². The summed E-state index contributed by atoms with van der Waals surface area (Å²) in [5.74, 6) is -0.668. The third-order valence-electron chi connectivity index (χ3n) is 3.04. The molecule has 1 aromatic rings. The van der Waals surface area contributed by atoms with Crippen LogP contribution in [0.3, 0.4) is 0 Å². The predicted molar refractivity (Wildman–Crippen MR) is 74.4 cm³/mol. The second kappa shape index (κ2) is 6.74. The molecule has 9 heteroatoms. The van der Waals surface area contributed by atoms with Crippen LogP contribution in [-0.4, -0.2) is 37.7 Å². The zero-order valence-corrected chi connectivity index (χ0v) is 11.8. The Labute approximate surface area is 125 Å². The Hall–Kier alpha value is -2.84. The van der Waals surface area contributed by atoms with Crippen molar-refractivity contribution in [2.24, 2.45) is 0 Å². The average Bonchev–Trinajstić information content (AvgIpc) is 2.85. The van der Waals surface area contributed by atoms with Crippen molar-refractivity contribution < 1.29 is 23.5 Å². The van der Waals surface area contributed by atoms with Crippen molar-refractivity contribution in [2.45, 2.75) is 12.5 Å². The van der Waals surface area contributed by atoms with Crippen LogP contribution in [0.5, 0.6) is 0 Å². The van der Waals surface area contributed by atoms with Crippen LogP contribution >= 0.6 is 0 Å². The lowest BCUT2D eigenvalue weighted by Gasteiger charge is -2.17. The summed E-state index contributed by atoms with van der Waals surface area (Å²) in [6.07, 6.45) is -0.735. The summed E-state index contributed by atoms with van der Waals surface area (Å²) in [6, 6.07) is 4.53. The Morgan fingerprint density at radius 2 is 2.14 bits per heavy atom. The van der Waals surface area contributed by atoms with E-state index in [1.165, 1.54) is 23.1 Å². The first-order valence-electron chi connectivity index (χ1n) is 6.46. The summed E-state index contributed by atoms with van der Waals surface area (Å²) in [5.41, 5.74) is 4.50. The number of nitrogens with zero attached hydrogens (tertiary/aromatic N) is 1. The van der Waals surface area contributed by atoms with E-state index in [1.54, 1.807) is 6.07 Å². The fraction of sp³-hybridized carbons (Fsp3) is 0.308. The van der Waals surface area contributed by atoms with Crippen LogP contribution in [-0.2, 0) is 9.53 Å². The van der Waals surface area contributed by atoms with Gasteiger partial charge in [0.05, 0.1) is 13.2 Å². The van der Waals surface area contributed by atoms with E-state index in [2.05, 4.69) is 15.5 Å². The molecular formula is C13H15FN4O4. The van der Waals surface area contributed by atoms with Gasteiger partial charge in [0.1, 0.15) is 5.82 Å². The first-order valence-corrected chi connectivity index (χ1v) is 6.46. The number of benzene rings is 1. The molecule has 1 atom stereocenters. The maximum atomic E-state index is 13.2. The fourth-order valence-electron chi connectivity index (χ4n) is 2.08. The van der Waals surface area contributed by atoms with Gasteiger partial charge in [-0.15, -0.1) is 0 Å². The van der Waals surface area contributed by atoms with Gasteiger partial charge in [-0.1, -0.05) is 6.07 Å². The maximum absolute atomic E-state index is 13.2. The molecule has 22 heavy (non-hydrogen) atoms. The Kier molecular flexibility index (Phi) is 4.77. The lowest BCUT2D eigenvalue weighted by molar-refractivity contribution is -0.117. The van der Waals surface area contributed by atoms with Gasteiger partial charge in [-0.3, -0.25) is 4.79 Å². The van der Waals surface area contributed by atoms with Crippen molar-refractivity contribution in [1.82, 2.24) is 16.2 Å². The van der Waals surface area contributed by atoms with Gasteiger partial charge in [0.2, 0.25) is 5.91 Å². The van der Waals surface area contributed by atoms with E-state index in [-0.39, 0.29) is 18.9 Å². The predicted octanol–water partition coefficient (Wildman–Crippen LogP) is 0.501. The molecule has 1 aliphatic rings. The second-order valence-electron chi connectivity index (χ2n) is 4.60. The van der Waals surface area contributed by atoms with Gasteiger partial charge < -0.3 is 15.0 Å². The van der Waals surface area contributed by atoms with E-state index in [0.717, 1.165) is 7.11 Å². The molecule has 8 nitrogen and oxygen atoms in total. The van der Waals surface area contributed by atoms with Gasteiger partial charge in [0.25, 0.3) is 0 Å². The number of nitrogens with one attached hydrogen (secondary N) is 3. The minimum Gasteiger partial charge on any atom is -0.452 e. The number of urea groups is 1. The van der Waals surface area contributed by atoms with Crippen molar-refractivity contribution in [3.63, 3.8) is 0 Å². The van der Waals surface area contributed by atoms with Gasteiger partial charge in [-0.25, -0.2) is 24.8 Å². The van der Waals surface area contributed by atoms with Gasteiger partial charge in [-0.2, -0.15) is 0 Å². The molecule has 118 valence electrons. The minimum absolute atomic E-state index is 0.0855. The normalized spacial score (nSPS) is 17.1. The molecule has 0 saturated carbocycles. The number of carbonyl (C=O) groups is 3. The lowest BCUT2D eigenvalue weighted by atomic mass is 10.2. The molecule has 1 aromatic carbocycles. The van der Waals surface area contributed by atoms with Crippen molar-refractivity contribution in [2.75, 3.05) is 18.6 Å². The fourth-order valence-corrected chi connectivity index (χ4v) is 2.08. The van der Waals surface area contributed by atoms with Crippen LogP contribution in [0.15, 0.2) is 24.3 Å². The summed E-state index contributed by atoms with van der Waals surface area (Å²) >= 11 is 0. The molecule has 1 saturated heterocycles. The van der Waals surface area contributed by atoms with Crippen molar-refractivity contribution in [3.05, 3.63) is 30.1 Å². The summed E-state index contributed by atoms with van der Waals surface area (Å²) in [4.78, 5) is 35.7. The smallest absolute Gasteiger partial charge is 0.425 e. The zero-order chi connectivity index (χ0) is 16.1. The number of rotatable bonds is 2. The molecule has 1 aliphatic heterocycles. The van der Waals surface area contributed by atoms with Gasteiger partial charge in [-0.05, 0) is 18.2 Å². The van der Waals surface area contributed by atoms with Crippen molar-refractivity contribution in [1.29, 1.82) is 0 Å². The quantitative estimate of drug-likeness (QED) is 0.693. The molecule has 0 aliphatic carbocycles. The average molecular weight is 310 g/mol. The molecule has 0 aromatic heterocycles. The molecule has 3 N–H and O–H groups in total. The first-order chi connectivity index (χ1) is 10.5. The number of halogens is 1. The van der Waals surface area contributed by atoms with Crippen molar-refractivity contribution >= 4 is 23.7 Å². The number of anilines is 1. The van der Waals surface area contributed by atoms with Gasteiger partial charge >= 0.3 is 12.1 Å². The van der Waals surface area contributed by atoms with Crippen LogP contribution in [0.2, 0.25) is 0 Å². The van der Waals surface area contributed by atoms with Gasteiger partial charge in [0, 0.05) is 18.7 Å². The first kappa shape index (κ1) is 15.5. The number of amides is 4. The van der Waals surface area contributed by atoms with E-state index in [9.17, 15) is 18.8 Å². The highest BCUT2D eigenvalue weighted by Gasteiger charge is 2.31. The highest BCUT2D eigenvalue weighted by Crippen LogP contribution is 2.22. The SMILES string of the molecule is COC(=O)NNC(=O)NC1CC(=O)N(c2cccc(F)c2)C1. The Balaban J connectivity index is 1.89. The zero-order valence-electron chi connectivity index (χ0n) is 11.8. The largest absolute Gasteiger partial charge is 0.452 e. The van der Waals surface area contributed by atoms with E-state index in [1.807, 2.05) is 5.43 Å². The standard InChI is InChI=1S/C13H15FN4O4/c1-22-13(21)17-16-12(20)15-9-6-11(19)18(7-9)10-4-2-3-8(14)5-10/h2-5,9H,6-7H2,1H3,(H,17,21)(H2,15,16,20). The molecule has 0 radical (unpaired) electrons. The second-order valence-corrected chi connectivity index (χ2v) is 4.60. The number of hydrogen-bond acceptors (Lipinski definition) is 4. The van der Waals surface area contributed by atoms with E-state index < -0.39 is 24.0 Å². The molecule has 2 rings (SSSR count). The van der Waals surface area contributed by atoms with Crippen LogP contribution in [0, 0.1) is 5.82 Å². The molecule has 0 bridgehead atoms. The molecule has 0 spiro atoms. The molecular weight excluding hydrogens is 295 g/mol. The summed E-state index contributed by atoms with van der Waals surface area (Å²) in [5, 5.41) is 2.53. The molecule has 1 fully saturated rings. The number of methoxy groups -OCH3 is 1. The maximum Gasteiger partial charge on any atom is 0.425 e. The van der Waals surface area contributed by atoms with Gasteiger partial charge in [0.15, 0.2) is 0 Å². The van der Waals surface area contributed by atoms with E-state index in [0.29, 0.717) is 5.69 Å².